The van der Waals surface area contributed by atoms with Gasteiger partial charge in [-0.05, 0) is 54.7 Å². The van der Waals surface area contributed by atoms with Crippen molar-refractivity contribution in [2.24, 2.45) is 5.92 Å². The zero-order chi connectivity index (χ0) is 13.8. The van der Waals surface area contributed by atoms with Crippen molar-refractivity contribution >= 4 is 0 Å². The molecular formula is C19H22O. The Labute approximate surface area is 121 Å². The third-order valence-electron chi connectivity index (χ3n) is 4.49. The summed E-state index contributed by atoms with van der Waals surface area (Å²) < 4.78 is 0. The van der Waals surface area contributed by atoms with Crippen LogP contribution in [-0.4, -0.2) is 5.11 Å². The van der Waals surface area contributed by atoms with Gasteiger partial charge in [-0.1, -0.05) is 54.6 Å². The molecule has 0 aromatic heterocycles. The number of fused-ring (bicyclic) bond motifs is 1. The second kappa shape index (κ2) is 6.23. The molecule has 1 aliphatic rings. The number of rotatable bonds is 4. The van der Waals surface area contributed by atoms with Crippen molar-refractivity contribution in [2.75, 3.05) is 0 Å². The van der Waals surface area contributed by atoms with Gasteiger partial charge in [0.15, 0.2) is 0 Å². The van der Waals surface area contributed by atoms with Crippen LogP contribution in [0.1, 0.15) is 42.1 Å². The highest BCUT2D eigenvalue weighted by Gasteiger charge is 2.26. The van der Waals surface area contributed by atoms with Gasteiger partial charge in [0.25, 0.3) is 0 Å². The molecular weight excluding hydrogens is 244 g/mol. The molecule has 1 heteroatoms. The van der Waals surface area contributed by atoms with Gasteiger partial charge in [-0.25, -0.2) is 0 Å². The first-order chi connectivity index (χ1) is 9.84. The molecule has 20 heavy (non-hydrogen) atoms. The Balaban J connectivity index is 1.57. The van der Waals surface area contributed by atoms with Crippen molar-refractivity contribution in [3.05, 3.63) is 71.3 Å². The number of aliphatic hydroxyl groups is 1. The zero-order valence-electron chi connectivity index (χ0n) is 11.8. The van der Waals surface area contributed by atoms with E-state index in [1.807, 2.05) is 6.07 Å². The van der Waals surface area contributed by atoms with E-state index >= 15 is 0 Å². The Morgan fingerprint density at radius 2 is 1.70 bits per heavy atom. The lowest BCUT2D eigenvalue weighted by Gasteiger charge is -2.30. The van der Waals surface area contributed by atoms with Crippen LogP contribution in [0.4, 0.5) is 0 Å². The molecule has 0 bridgehead atoms. The molecule has 3 rings (SSSR count). The molecule has 2 atom stereocenters. The highest BCUT2D eigenvalue weighted by molar-refractivity contribution is 5.31. The summed E-state index contributed by atoms with van der Waals surface area (Å²) >= 11 is 0. The Hall–Kier alpha value is -1.60. The molecule has 0 heterocycles. The molecule has 104 valence electrons. The lowest BCUT2D eigenvalue weighted by Crippen LogP contribution is -2.20. The second-order valence-electron chi connectivity index (χ2n) is 5.82. The highest BCUT2D eigenvalue weighted by Crippen LogP contribution is 2.36. The summed E-state index contributed by atoms with van der Waals surface area (Å²) in [6, 6.07) is 19.0. The predicted octanol–water partition coefficient (Wildman–Crippen LogP) is 4.31. The fourth-order valence-corrected chi connectivity index (χ4v) is 3.32. The van der Waals surface area contributed by atoms with Crippen LogP contribution in [0.15, 0.2) is 54.6 Å². The van der Waals surface area contributed by atoms with Gasteiger partial charge < -0.3 is 5.11 Å². The monoisotopic (exact) mass is 266 g/mol. The molecule has 0 aliphatic heterocycles. The van der Waals surface area contributed by atoms with Crippen LogP contribution in [0.3, 0.4) is 0 Å². The normalized spacial score (nSPS) is 21.4. The average Bonchev–Trinajstić information content (AvgIpc) is 2.51. The first kappa shape index (κ1) is 13.4. The maximum absolute atomic E-state index is 10.5. The van der Waals surface area contributed by atoms with Gasteiger partial charge in [-0.2, -0.15) is 0 Å². The first-order valence-electron chi connectivity index (χ1n) is 7.64. The fraction of sp³-hybridized carbons (Fsp3) is 0.368. The van der Waals surface area contributed by atoms with Gasteiger partial charge in [-0.3, -0.25) is 0 Å². The molecule has 0 saturated carbocycles. The molecule has 1 N–H and O–H groups in total. The van der Waals surface area contributed by atoms with E-state index in [2.05, 4.69) is 48.5 Å². The Morgan fingerprint density at radius 3 is 2.55 bits per heavy atom. The van der Waals surface area contributed by atoms with Crippen molar-refractivity contribution < 1.29 is 5.11 Å². The highest BCUT2D eigenvalue weighted by atomic mass is 16.3. The summed E-state index contributed by atoms with van der Waals surface area (Å²) in [6.45, 7) is 0. The first-order valence-corrected chi connectivity index (χ1v) is 7.64. The molecule has 0 saturated heterocycles. The van der Waals surface area contributed by atoms with E-state index in [1.165, 1.54) is 11.1 Å². The number of aryl methyl sites for hydroxylation is 2. The van der Waals surface area contributed by atoms with Crippen LogP contribution < -0.4 is 0 Å². The summed E-state index contributed by atoms with van der Waals surface area (Å²) in [5.41, 5.74) is 3.89. The molecule has 0 fully saturated rings. The summed E-state index contributed by atoms with van der Waals surface area (Å²) in [5.74, 6) is 0.425. The van der Waals surface area contributed by atoms with Crippen LogP contribution in [0.2, 0.25) is 0 Å². The van der Waals surface area contributed by atoms with Crippen LogP contribution in [0.5, 0.6) is 0 Å². The molecule has 0 unspecified atom stereocenters. The third-order valence-corrected chi connectivity index (χ3v) is 4.49. The van der Waals surface area contributed by atoms with Crippen LogP contribution >= 0.6 is 0 Å². The van der Waals surface area contributed by atoms with Gasteiger partial charge in [0.2, 0.25) is 0 Å². The van der Waals surface area contributed by atoms with E-state index in [0.29, 0.717) is 5.92 Å². The van der Waals surface area contributed by atoms with E-state index in [4.69, 9.17) is 0 Å². The van der Waals surface area contributed by atoms with Crippen LogP contribution in [0.25, 0.3) is 0 Å². The van der Waals surface area contributed by atoms with Crippen molar-refractivity contribution in [3.63, 3.8) is 0 Å². The minimum Gasteiger partial charge on any atom is -0.388 e. The fourth-order valence-electron chi connectivity index (χ4n) is 3.32. The van der Waals surface area contributed by atoms with Crippen molar-refractivity contribution in [2.45, 2.75) is 38.2 Å². The minimum atomic E-state index is -0.268. The lowest BCUT2D eigenvalue weighted by atomic mass is 9.79. The predicted molar refractivity (Wildman–Crippen MR) is 82.6 cm³/mol. The van der Waals surface area contributed by atoms with E-state index in [9.17, 15) is 5.11 Å². The SMILES string of the molecule is O[C@H]1c2ccccc2CC[C@H]1CCCc1ccccc1. The third kappa shape index (κ3) is 2.94. The largest absolute Gasteiger partial charge is 0.388 e. The summed E-state index contributed by atoms with van der Waals surface area (Å²) in [4.78, 5) is 0. The minimum absolute atomic E-state index is 0.268. The standard InChI is InChI=1S/C19H22O/c20-19-17(11-6-9-15-7-2-1-3-8-15)14-13-16-10-4-5-12-18(16)19/h1-5,7-8,10,12,17,19-20H,6,9,11,13-14H2/t17-,19-/m1/s1. The molecule has 2 aromatic rings. The second-order valence-corrected chi connectivity index (χ2v) is 5.82. The van der Waals surface area contributed by atoms with Gasteiger partial charge in [0.05, 0.1) is 6.10 Å². The molecule has 2 aromatic carbocycles. The number of aliphatic hydroxyl groups excluding tert-OH is 1. The van der Waals surface area contributed by atoms with Crippen molar-refractivity contribution in [3.8, 4) is 0 Å². The quantitative estimate of drug-likeness (QED) is 0.874. The lowest BCUT2D eigenvalue weighted by molar-refractivity contribution is 0.0873. The summed E-state index contributed by atoms with van der Waals surface area (Å²) in [6.07, 6.45) is 5.36. The summed E-state index contributed by atoms with van der Waals surface area (Å²) in [5, 5.41) is 10.5. The Bertz CT molecular complexity index is 547. The summed E-state index contributed by atoms with van der Waals surface area (Å²) in [7, 11) is 0. The number of hydrogen-bond acceptors (Lipinski definition) is 1. The van der Waals surface area contributed by atoms with Crippen molar-refractivity contribution in [1.82, 2.24) is 0 Å². The maximum atomic E-state index is 10.5. The molecule has 0 spiro atoms. The molecule has 0 amide bonds. The zero-order valence-corrected chi connectivity index (χ0v) is 11.8. The van der Waals surface area contributed by atoms with Gasteiger partial charge in [0.1, 0.15) is 0 Å². The van der Waals surface area contributed by atoms with Gasteiger partial charge in [0, 0.05) is 0 Å². The smallest absolute Gasteiger partial charge is 0.0820 e. The van der Waals surface area contributed by atoms with E-state index < -0.39 is 0 Å². The maximum Gasteiger partial charge on any atom is 0.0820 e. The van der Waals surface area contributed by atoms with E-state index in [-0.39, 0.29) is 6.10 Å². The van der Waals surface area contributed by atoms with E-state index in [1.54, 1.807) is 0 Å². The number of hydrogen-bond donors (Lipinski definition) is 1. The van der Waals surface area contributed by atoms with Gasteiger partial charge in [-0.15, -0.1) is 0 Å². The Morgan fingerprint density at radius 1 is 0.950 bits per heavy atom. The number of benzene rings is 2. The van der Waals surface area contributed by atoms with E-state index in [0.717, 1.165) is 37.7 Å². The average molecular weight is 266 g/mol. The van der Waals surface area contributed by atoms with Crippen molar-refractivity contribution in [1.29, 1.82) is 0 Å². The topological polar surface area (TPSA) is 20.2 Å². The molecule has 0 radical (unpaired) electrons. The molecule has 1 nitrogen and oxygen atoms in total. The van der Waals surface area contributed by atoms with Gasteiger partial charge >= 0.3 is 0 Å². The molecule has 1 aliphatic carbocycles. The Kier molecular flexibility index (Phi) is 4.17. The van der Waals surface area contributed by atoms with Crippen LogP contribution in [-0.2, 0) is 12.8 Å². The van der Waals surface area contributed by atoms with Crippen LogP contribution in [0, 0.1) is 5.92 Å².